The summed E-state index contributed by atoms with van der Waals surface area (Å²) in [6, 6.07) is 3.35. The van der Waals surface area contributed by atoms with E-state index in [4.69, 9.17) is 5.73 Å². The number of hydrogen-bond acceptors (Lipinski definition) is 4. The number of ketones is 1. The van der Waals surface area contributed by atoms with Crippen molar-refractivity contribution in [3.63, 3.8) is 0 Å². The van der Waals surface area contributed by atoms with Gasteiger partial charge in [0.2, 0.25) is 5.91 Å². The van der Waals surface area contributed by atoms with Crippen LogP contribution >= 0.6 is 0 Å². The Hall–Kier alpha value is -2.21. The maximum absolute atomic E-state index is 12.8. The summed E-state index contributed by atoms with van der Waals surface area (Å²) in [5, 5.41) is 0. The average Bonchev–Trinajstić information content (AvgIpc) is 2.88. The molecule has 0 aliphatic carbocycles. The highest BCUT2D eigenvalue weighted by molar-refractivity contribution is 6.01. The van der Waals surface area contributed by atoms with Gasteiger partial charge in [0.15, 0.2) is 0 Å². The number of Topliss-reactive ketones (excluding diaryl/α,β-unsaturated/α-hetero) is 1. The fourth-order valence-corrected chi connectivity index (χ4v) is 3.72. The minimum Gasteiger partial charge on any atom is -0.368 e. The van der Waals surface area contributed by atoms with Crippen molar-refractivity contribution in [1.29, 1.82) is 0 Å². The van der Waals surface area contributed by atoms with Gasteiger partial charge < -0.3 is 15.5 Å². The van der Waals surface area contributed by atoms with Crippen LogP contribution in [0.5, 0.6) is 0 Å². The number of primary amides is 1. The number of carbonyl (C=O) groups is 3. The van der Waals surface area contributed by atoms with E-state index in [9.17, 15) is 14.4 Å². The number of carbonyl (C=O) groups excluding carboxylic acids is 3. The summed E-state index contributed by atoms with van der Waals surface area (Å²) in [5.41, 5.74) is 9.62. The summed E-state index contributed by atoms with van der Waals surface area (Å²) in [5.74, 6) is -0.623. The first-order valence-corrected chi connectivity index (χ1v) is 8.86. The van der Waals surface area contributed by atoms with Gasteiger partial charge in [-0.1, -0.05) is 13.0 Å². The molecule has 0 bridgehead atoms. The number of rotatable bonds is 6. The van der Waals surface area contributed by atoms with E-state index >= 15 is 0 Å². The molecule has 0 unspecified atom stereocenters. The summed E-state index contributed by atoms with van der Waals surface area (Å²) in [4.78, 5) is 40.1. The van der Waals surface area contributed by atoms with Crippen LogP contribution < -0.4 is 5.73 Å². The van der Waals surface area contributed by atoms with Crippen molar-refractivity contribution in [1.82, 2.24) is 9.80 Å². The predicted molar refractivity (Wildman–Crippen MR) is 93.9 cm³/mol. The molecule has 1 atom stereocenters. The first kappa shape index (κ1) is 17.6. The maximum Gasteiger partial charge on any atom is 0.255 e. The van der Waals surface area contributed by atoms with Crippen molar-refractivity contribution in [3.8, 4) is 0 Å². The molecule has 0 radical (unpaired) electrons. The number of hydrogen-bond donors (Lipinski definition) is 1. The van der Waals surface area contributed by atoms with Gasteiger partial charge in [0.25, 0.3) is 5.91 Å². The van der Waals surface area contributed by atoms with Gasteiger partial charge in [0.05, 0.1) is 0 Å². The Bertz CT molecular complexity index is 729. The normalized spacial score (nSPS) is 18.0. The molecular weight excluding hydrogens is 318 g/mol. The zero-order chi connectivity index (χ0) is 18.1. The highest BCUT2D eigenvalue weighted by atomic mass is 16.2. The summed E-state index contributed by atoms with van der Waals surface area (Å²) in [6.07, 6.45) is 1.97. The molecule has 1 aromatic rings. The minimum absolute atomic E-state index is 0.0777. The Morgan fingerprint density at radius 2 is 1.96 bits per heavy atom. The van der Waals surface area contributed by atoms with Crippen molar-refractivity contribution in [2.24, 2.45) is 5.73 Å². The summed E-state index contributed by atoms with van der Waals surface area (Å²) in [6.45, 7) is 4.03. The molecule has 2 aliphatic rings. The Morgan fingerprint density at radius 3 is 2.64 bits per heavy atom. The van der Waals surface area contributed by atoms with E-state index in [1.54, 1.807) is 6.92 Å². The molecule has 0 saturated heterocycles. The lowest BCUT2D eigenvalue weighted by atomic mass is 9.95. The third kappa shape index (κ3) is 3.44. The van der Waals surface area contributed by atoms with E-state index in [2.05, 4.69) is 18.0 Å². The first-order chi connectivity index (χ1) is 11.9. The fourth-order valence-electron chi connectivity index (χ4n) is 3.72. The molecule has 2 amide bonds. The molecule has 0 fully saturated rings. The number of likely N-dealkylation sites (N-methyl/N-ethyl adjacent to an activating group) is 1. The third-order valence-corrected chi connectivity index (χ3v) is 5.26. The second-order valence-corrected chi connectivity index (χ2v) is 7.05. The molecule has 3 rings (SSSR count). The van der Waals surface area contributed by atoms with Crippen molar-refractivity contribution in [2.75, 3.05) is 13.6 Å². The van der Waals surface area contributed by atoms with Crippen LogP contribution in [0.1, 0.15) is 53.2 Å². The van der Waals surface area contributed by atoms with E-state index in [1.807, 2.05) is 6.07 Å². The summed E-state index contributed by atoms with van der Waals surface area (Å²) < 4.78 is 0. The zero-order valence-corrected chi connectivity index (χ0v) is 14.9. The van der Waals surface area contributed by atoms with Crippen LogP contribution in [0.2, 0.25) is 0 Å². The monoisotopic (exact) mass is 343 g/mol. The van der Waals surface area contributed by atoms with Gasteiger partial charge in [0.1, 0.15) is 11.8 Å². The molecule has 134 valence electrons. The lowest BCUT2D eigenvalue weighted by Gasteiger charge is -2.25. The quantitative estimate of drug-likeness (QED) is 0.842. The highest BCUT2D eigenvalue weighted by Crippen LogP contribution is 2.31. The van der Waals surface area contributed by atoms with Crippen LogP contribution in [0.3, 0.4) is 0 Å². The second kappa shape index (κ2) is 6.96. The van der Waals surface area contributed by atoms with Gasteiger partial charge in [0, 0.05) is 38.0 Å². The zero-order valence-electron chi connectivity index (χ0n) is 14.9. The van der Waals surface area contributed by atoms with Gasteiger partial charge in [-0.05, 0) is 42.6 Å². The Labute approximate surface area is 148 Å². The van der Waals surface area contributed by atoms with Crippen LogP contribution in [-0.4, -0.2) is 47.0 Å². The lowest BCUT2D eigenvalue weighted by molar-refractivity contribution is -0.123. The molecule has 2 aliphatic heterocycles. The molecule has 6 heteroatoms. The van der Waals surface area contributed by atoms with Crippen molar-refractivity contribution >= 4 is 17.6 Å². The van der Waals surface area contributed by atoms with E-state index in [0.29, 0.717) is 24.9 Å². The van der Waals surface area contributed by atoms with Gasteiger partial charge >= 0.3 is 0 Å². The van der Waals surface area contributed by atoms with Gasteiger partial charge in [-0.15, -0.1) is 0 Å². The van der Waals surface area contributed by atoms with Crippen molar-refractivity contribution in [2.45, 2.75) is 51.7 Å². The van der Waals surface area contributed by atoms with E-state index in [-0.39, 0.29) is 18.1 Å². The second-order valence-electron chi connectivity index (χ2n) is 7.05. The lowest BCUT2D eigenvalue weighted by Crippen LogP contribution is -2.45. The molecule has 1 aromatic carbocycles. The summed E-state index contributed by atoms with van der Waals surface area (Å²) in [7, 11) is 2.07. The first-order valence-electron chi connectivity index (χ1n) is 8.86. The molecule has 2 heterocycles. The number of amides is 2. The van der Waals surface area contributed by atoms with Gasteiger partial charge in [-0.25, -0.2) is 0 Å². The molecular formula is C19H25N3O3. The molecule has 6 nitrogen and oxygen atoms in total. The SMILES string of the molecule is CCC(=O)CC[C@H](C(N)=O)N1Cc2cc3c(cc2C1=O)CN(C)CC3. The fraction of sp³-hybridized carbons (Fsp3) is 0.526. The number of nitrogens with zero attached hydrogens (tertiary/aromatic N) is 2. The maximum atomic E-state index is 12.8. The Kier molecular flexibility index (Phi) is 4.90. The summed E-state index contributed by atoms with van der Waals surface area (Å²) >= 11 is 0. The van der Waals surface area contributed by atoms with Crippen molar-refractivity contribution in [3.05, 3.63) is 34.4 Å². The standard InChI is InChI=1S/C19H25N3O3/c1-3-15(23)4-5-17(18(20)24)22-11-14-8-12-6-7-21(2)10-13(12)9-16(14)19(22)25/h8-9,17H,3-7,10-11H2,1-2H3,(H2,20,24)/t17-/m1/s1. The molecule has 2 N–H and O–H groups in total. The average molecular weight is 343 g/mol. The molecule has 0 saturated carbocycles. The van der Waals surface area contributed by atoms with E-state index < -0.39 is 11.9 Å². The molecule has 0 spiro atoms. The van der Waals surface area contributed by atoms with E-state index in [1.165, 1.54) is 16.0 Å². The Morgan fingerprint density at radius 1 is 1.20 bits per heavy atom. The van der Waals surface area contributed by atoms with Crippen LogP contribution in [0.25, 0.3) is 0 Å². The van der Waals surface area contributed by atoms with Gasteiger partial charge in [-0.2, -0.15) is 0 Å². The molecule has 25 heavy (non-hydrogen) atoms. The van der Waals surface area contributed by atoms with Crippen molar-refractivity contribution < 1.29 is 14.4 Å². The minimum atomic E-state index is -0.727. The largest absolute Gasteiger partial charge is 0.368 e. The van der Waals surface area contributed by atoms with Crippen LogP contribution in [0.15, 0.2) is 12.1 Å². The Balaban J connectivity index is 1.83. The highest BCUT2D eigenvalue weighted by Gasteiger charge is 2.36. The number of nitrogens with two attached hydrogens (primary N) is 1. The van der Waals surface area contributed by atoms with E-state index in [0.717, 1.165) is 25.1 Å². The number of benzene rings is 1. The number of fused-ring (bicyclic) bond motifs is 2. The molecule has 0 aromatic heterocycles. The van der Waals surface area contributed by atoms with Gasteiger partial charge in [-0.3, -0.25) is 14.4 Å². The van der Waals surface area contributed by atoms with Crippen LogP contribution in [0.4, 0.5) is 0 Å². The van der Waals surface area contributed by atoms with Crippen LogP contribution in [-0.2, 0) is 29.1 Å². The predicted octanol–water partition coefficient (Wildman–Crippen LogP) is 1.24. The topological polar surface area (TPSA) is 83.7 Å². The van der Waals surface area contributed by atoms with Crippen LogP contribution in [0, 0.1) is 0 Å². The smallest absolute Gasteiger partial charge is 0.255 e. The third-order valence-electron chi connectivity index (χ3n) is 5.26.